The lowest BCUT2D eigenvalue weighted by molar-refractivity contribution is 0.453. The second-order valence-corrected chi connectivity index (χ2v) is 4.56. The van der Waals surface area contributed by atoms with Crippen molar-refractivity contribution in [1.29, 1.82) is 0 Å². The topological polar surface area (TPSA) is 34.1 Å². The summed E-state index contributed by atoms with van der Waals surface area (Å²) in [6.45, 7) is 2.46. The van der Waals surface area contributed by atoms with Gasteiger partial charge in [0.2, 0.25) is 5.88 Å². The van der Waals surface area contributed by atoms with Gasteiger partial charge in [-0.25, -0.2) is 9.37 Å². The van der Waals surface area contributed by atoms with Crippen molar-refractivity contribution < 1.29 is 9.13 Å². The van der Waals surface area contributed by atoms with Gasteiger partial charge in [0.1, 0.15) is 11.6 Å². The number of aryl methyl sites for hydroxylation is 1. The zero-order chi connectivity index (χ0) is 13.8. The highest BCUT2D eigenvalue weighted by Gasteiger charge is 2.07. The molecule has 0 amide bonds. The molecule has 0 aliphatic rings. The number of nitrogens with zero attached hydrogens (tertiary/aromatic N) is 1. The maximum atomic E-state index is 13.2. The second-order valence-electron chi connectivity index (χ2n) is 4.16. The smallest absolute Gasteiger partial charge is 0.219 e. The molecule has 0 saturated heterocycles. The Labute approximate surface area is 116 Å². The summed E-state index contributed by atoms with van der Waals surface area (Å²) in [5.41, 5.74) is 1.72. The van der Waals surface area contributed by atoms with Crippen molar-refractivity contribution in [2.45, 2.75) is 13.5 Å². The second kappa shape index (κ2) is 5.99. The van der Waals surface area contributed by atoms with Crippen LogP contribution in [0.3, 0.4) is 0 Å². The minimum Gasteiger partial charge on any atom is -0.439 e. The van der Waals surface area contributed by atoms with E-state index < -0.39 is 0 Å². The number of pyridine rings is 1. The predicted molar refractivity (Wildman–Crippen MR) is 73.2 cm³/mol. The highest BCUT2D eigenvalue weighted by molar-refractivity contribution is 6.31. The first-order valence-electron chi connectivity index (χ1n) is 5.83. The van der Waals surface area contributed by atoms with E-state index in [-0.39, 0.29) is 5.82 Å². The molecule has 1 aromatic carbocycles. The zero-order valence-corrected chi connectivity index (χ0v) is 11.5. The lowest BCUT2D eigenvalue weighted by Gasteiger charge is -2.10. The molecule has 19 heavy (non-hydrogen) atoms. The van der Waals surface area contributed by atoms with E-state index >= 15 is 0 Å². The summed E-state index contributed by atoms with van der Waals surface area (Å²) >= 11 is 6.02. The van der Waals surface area contributed by atoms with Gasteiger partial charge in [-0.1, -0.05) is 17.7 Å². The molecule has 0 unspecified atom stereocenters. The van der Waals surface area contributed by atoms with Gasteiger partial charge in [0, 0.05) is 24.9 Å². The van der Waals surface area contributed by atoms with Crippen molar-refractivity contribution in [3.63, 3.8) is 0 Å². The molecule has 5 heteroatoms. The standard InChI is InChI=1S/C14H14ClFN2O/c1-9-3-4-11(16)6-13(9)19-14-5-10(7-17-2)12(15)8-18-14/h3-6,8,17H,7H2,1-2H3. The summed E-state index contributed by atoms with van der Waals surface area (Å²) in [7, 11) is 1.83. The summed E-state index contributed by atoms with van der Waals surface area (Å²) in [6.07, 6.45) is 1.53. The van der Waals surface area contributed by atoms with Crippen molar-refractivity contribution in [2.75, 3.05) is 7.05 Å². The number of benzene rings is 1. The van der Waals surface area contributed by atoms with E-state index in [1.54, 1.807) is 12.1 Å². The van der Waals surface area contributed by atoms with E-state index in [0.29, 0.717) is 23.2 Å². The molecule has 1 heterocycles. The van der Waals surface area contributed by atoms with Gasteiger partial charge in [0.05, 0.1) is 5.02 Å². The molecule has 0 bridgehead atoms. The summed E-state index contributed by atoms with van der Waals surface area (Å²) in [4.78, 5) is 4.08. The van der Waals surface area contributed by atoms with Crippen LogP contribution in [0.1, 0.15) is 11.1 Å². The molecule has 1 aromatic heterocycles. The van der Waals surface area contributed by atoms with Gasteiger partial charge in [-0.05, 0) is 31.2 Å². The number of hydrogen-bond donors (Lipinski definition) is 1. The highest BCUT2D eigenvalue weighted by Crippen LogP contribution is 2.26. The highest BCUT2D eigenvalue weighted by atomic mass is 35.5. The fourth-order valence-electron chi connectivity index (χ4n) is 1.64. The Kier molecular flexibility index (Phi) is 4.35. The summed E-state index contributed by atoms with van der Waals surface area (Å²) < 4.78 is 18.8. The Bertz CT molecular complexity index is 590. The van der Waals surface area contributed by atoms with Crippen molar-refractivity contribution >= 4 is 11.6 Å². The van der Waals surface area contributed by atoms with Crippen molar-refractivity contribution in [3.05, 3.63) is 52.4 Å². The van der Waals surface area contributed by atoms with Crippen LogP contribution in [0, 0.1) is 12.7 Å². The van der Waals surface area contributed by atoms with Crippen LogP contribution in [0.5, 0.6) is 11.6 Å². The number of ether oxygens (including phenoxy) is 1. The van der Waals surface area contributed by atoms with E-state index in [9.17, 15) is 4.39 Å². The maximum absolute atomic E-state index is 13.2. The van der Waals surface area contributed by atoms with Crippen molar-refractivity contribution in [3.8, 4) is 11.6 Å². The van der Waals surface area contributed by atoms with E-state index in [2.05, 4.69) is 10.3 Å². The van der Waals surface area contributed by atoms with E-state index in [1.165, 1.54) is 18.3 Å². The molecule has 0 radical (unpaired) electrons. The molecule has 0 aliphatic carbocycles. The minimum absolute atomic E-state index is 0.343. The zero-order valence-electron chi connectivity index (χ0n) is 10.7. The third-order valence-electron chi connectivity index (χ3n) is 2.64. The SMILES string of the molecule is CNCc1cc(Oc2cc(F)ccc2C)ncc1Cl. The Morgan fingerprint density at radius 3 is 2.89 bits per heavy atom. The number of hydrogen-bond acceptors (Lipinski definition) is 3. The van der Waals surface area contributed by atoms with Gasteiger partial charge in [-0.3, -0.25) is 0 Å². The van der Waals surface area contributed by atoms with Gasteiger partial charge >= 0.3 is 0 Å². The maximum Gasteiger partial charge on any atom is 0.219 e. The number of halogens is 2. The fourth-order valence-corrected chi connectivity index (χ4v) is 1.81. The molecule has 100 valence electrons. The number of rotatable bonds is 4. The van der Waals surface area contributed by atoms with Crippen LogP contribution in [0.15, 0.2) is 30.5 Å². The minimum atomic E-state index is -0.343. The fraction of sp³-hybridized carbons (Fsp3) is 0.214. The molecular weight excluding hydrogens is 267 g/mol. The molecule has 0 spiro atoms. The molecule has 2 rings (SSSR count). The summed E-state index contributed by atoms with van der Waals surface area (Å²) in [6, 6.07) is 6.13. The number of nitrogens with one attached hydrogen (secondary N) is 1. The molecule has 0 atom stereocenters. The van der Waals surface area contributed by atoms with E-state index in [4.69, 9.17) is 16.3 Å². The first kappa shape index (κ1) is 13.8. The molecule has 0 aliphatic heterocycles. The first-order valence-corrected chi connectivity index (χ1v) is 6.21. The Morgan fingerprint density at radius 1 is 1.37 bits per heavy atom. The predicted octanol–water partition coefficient (Wildman–Crippen LogP) is 3.69. The van der Waals surface area contributed by atoms with Gasteiger partial charge in [0.15, 0.2) is 0 Å². The van der Waals surface area contributed by atoms with Gasteiger partial charge in [-0.2, -0.15) is 0 Å². The van der Waals surface area contributed by atoms with Crippen LogP contribution in [0.2, 0.25) is 5.02 Å². The van der Waals surface area contributed by atoms with Crippen LogP contribution >= 0.6 is 11.6 Å². The molecule has 0 saturated carbocycles. The monoisotopic (exact) mass is 280 g/mol. The molecule has 3 nitrogen and oxygen atoms in total. The van der Waals surface area contributed by atoms with E-state index in [0.717, 1.165) is 11.1 Å². The largest absolute Gasteiger partial charge is 0.439 e. The molecular formula is C14H14ClFN2O. The summed E-state index contributed by atoms with van der Waals surface area (Å²) in [5, 5.41) is 3.58. The van der Waals surface area contributed by atoms with Crippen LogP contribution in [-0.2, 0) is 6.54 Å². The van der Waals surface area contributed by atoms with Crippen LogP contribution in [-0.4, -0.2) is 12.0 Å². The van der Waals surface area contributed by atoms with Crippen molar-refractivity contribution in [2.24, 2.45) is 0 Å². The van der Waals surface area contributed by atoms with Crippen molar-refractivity contribution in [1.82, 2.24) is 10.3 Å². The third-order valence-corrected chi connectivity index (χ3v) is 2.98. The van der Waals surface area contributed by atoms with Crippen LogP contribution in [0.25, 0.3) is 0 Å². The van der Waals surface area contributed by atoms with E-state index in [1.807, 2.05) is 14.0 Å². The molecule has 0 fully saturated rings. The average molecular weight is 281 g/mol. The molecule has 2 aromatic rings. The van der Waals surface area contributed by atoms with Gasteiger partial charge in [0.25, 0.3) is 0 Å². The van der Waals surface area contributed by atoms with Crippen LogP contribution in [0.4, 0.5) is 4.39 Å². The third kappa shape index (κ3) is 3.43. The Hall–Kier alpha value is -1.65. The Morgan fingerprint density at radius 2 is 2.16 bits per heavy atom. The lowest BCUT2D eigenvalue weighted by atomic mass is 10.2. The van der Waals surface area contributed by atoms with Gasteiger partial charge < -0.3 is 10.1 Å². The Balaban J connectivity index is 2.28. The number of aromatic nitrogens is 1. The molecule has 1 N–H and O–H groups in total. The average Bonchev–Trinajstić information content (AvgIpc) is 2.38. The summed E-state index contributed by atoms with van der Waals surface area (Å²) in [5.74, 6) is 0.499. The first-order chi connectivity index (χ1) is 9.10. The normalized spacial score (nSPS) is 10.5. The lowest BCUT2D eigenvalue weighted by Crippen LogP contribution is -2.06. The quantitative estimate of drug-likeness (QED) is 0.927. The van der Waals surface area contributed by atoms with Crippen LogP contribution < -0.4 is 10.1 Å². The van der Waals surface area contributed by atoms with Gasteiger partial charge in [-0.15, -0.1) is 0 Å².